The van der Waals surface area contributed by atoms with Gasteiger partial charge in [0, 0.05) is 6.04 Å². The predicted molar refractivity (Wildman–Crippen MR) is 50.7 cm³/mol. The summed E-state index contributed by atoms with van der Waals surface area (Å²) in [4.78, 5) is 4.38. The van der Waals surface area contributed by atoms with Crippen molar-refractivity contribution in [3.8, 4) is 0 Å². The SMILES string of the molecule is CCC(CC)N=Cc1ccco1. The van der Waals surface area contributed by atoms with Crippen LogP contribution in [-0.4, -0.2) is 12.3 Å². The van der Waals surface area contributed by atoms with E-state index < -0.39 is 0 Å². The van der Waals surface area contributed by atoms with Gasteiger partial charge >= 0.3 is 0 Å². The number of hydrogen-bond donors (Lipinski definition) is 0. The van der Waals surface area contributed by atoms with E-state index in [0.717, 1.165) is 18.6 Å². The molecule has 0 aliphatic heterocycles. The van der Waals surface area contributed by atoms with Crippen LogP contribution in [0.4, 0.5) is 0 Å². The molecule has 12 heavy (non-hydrogen) atoms. The molecule has 1 aromatic rings. The quantitative estimate of drug-likeness (QED) is 0.630. The van der Waals surface area contributed by atoms with E-state index in [9.17, 15) is 0 Å². The summed E-state index contributed by atoms with van der Waals surface area (Å²) < 4.78 is 5.12. The summed E-state index contributed by atoms with van der Waals surface area (Å²) in [7, 11) is 0. The van der Waals surface area contributed by atoms with Crippen molar-refractivity contribution in [1.82, 2.24) is 0 Å². The minimum absolute atomic E-state index is 0.440. The molecule has 1 heterocycles. The molecule has 0 saturated heterocycles. The summed E-state index contributed by atoms with van der Waals surface area (Å²) in [5.74, 6) is 0.835. The lowest BCUT2D eigenvalue weighted by atomic mass is 10.2. The molecular formula is C10H15NO. The molecule has 0 unspecified atom stereocenters. The monoisotopic (exact) mass is 165 g/mol. The first kappa shape index (κ1) is 9.04. The summed E-state index contributed by atoms with van der Waals surface area (Å²) >= 11 is 0. The molecule has 0 N–H and O–H groups in total. The Morgan fingerprint density at radius 3 is 2.75 bits per heavy atom. The van der Waals surface area contributed by atoms with Gasteiger partial charge < -0.3 is 4.42 Å². The summed E-state index contributed by atoms with van der Waals surface area (Å²) in [6, 6.07) is 4.22. The van der Waals surface area contributed by atoms with Crippen molar-refractivity contribution in [3.63, 3.8) is 0 Å². The largest absolute Gasteiger partial charge is 0.463 e. The zero-order valence-corrected chi connectivity index (χ0v) is 7.66. The summed E-state index contributed by atoms with van der Waals surface area (Å²) in [6.45, 7) is 4.29. The van der Waals surface area contributed by atoms with E-state index in [1.807, 2.05) is 12.1 Å². The van der Waals surface area contributed by atoms with Crippen molar-refractivity contribution < 1.29 is 4.42 Å². The number of nitrogens with zero attached hydrogens (tertiary/aromatic N) is 1. The number of aliphatic imine (C=N–C) groups is 1. The Labute approximate surface area is 73.3 Å². The minimum atomic E-state index is 0.440. The first-order valence-electron chi connectivity index (χ1n) is 4.43. The smallest absolute Gasteiger partial charge is 0.144 e. The highest BCUT2D eigenvalue weighted by molar-refractivity contribution is 5.75. The van der Waals surface area contributed by atoms with Crippen molar-refractivity contribution >= 4 is 6.21 Å². The Morgan fingerprint density at radius 1 is 1.50 bits per heavy atom. The maximum atomic E-state index is 5.12. The number of rotatable bonds is 4. The molecule has 0 amide bonds. The zero-order valence-electron chi connectivity index (χ0n) is 7.66. The Kier molecular flexibility index (Phi) is 3.58. The molecule has 0 aliphatic rings. The van der Waals surface area contributed by atoms with E-state index in [0.29, 0.717) is 6.04 Å². The van der Waals surface area contributed by atoms with E-state index in [1.54, 1.807) is 12.5 Å². The molecule has 1 rings (SSSR count). The molecule has 0 saturated carbocycles. The van der Waals surface area contributed by atoms with E-state index in [4.69, 9.17) is 4.42 Å². The topological polar surface area (TPSA) is 25.5 Å². The Balaban J connectivity index is 2.49. The van der Waals surface area contributed by atoms with Crippen molar-refractivity contribution in [2.24, 2.45) is 4.99 Å². The van der Waals surface area contributed by atoms with Crippen LogP contribution in [-0.2, 0) is 0 Å². The predicted octanol–water partition coefficient (Wildman–Crippen LogP) is 2.89. The lowest BCUT2D eigenvalue weighted by Gasteiger charge is -2.03. The van der Waals surface area contributed by atoms with Crippen LogP contribution in [0, 0.1) is 0 Å². The van der Waals surface area contributed by atoms with Gasteiger partial charge in [-0.15, -0.1) is 0 Å². The molecule has 0 radical (unpaired) electrons. The summed E-state index contributed by atoms with van der Waals surface area (Å²) in [5.41, 5.74) is 0. The second-order valence-corrected chi connectivity index (χ2v) is 2.76. The van der Waals surface area contributed by atoms with Gasteiger partial charge in [0.15, 0.2) is 0 Å². The van der Waals surface area contributed by atoms with Crippen LogP contribution in [0.2, 0.25) is 0 Å². The normalized spacial score (nSPS) is 11.6. The molecule has 0 bridgehead atoms. The fourth-order valence-corrected chi connectivity index (χ4v) is 1.04. The average molecular weight is 165 g/mol. The lowest BCUT2D eigenvalue weighted by Crippen LogP contribution is -1.99. The third kappa shape index (κ3) is 2.53. The fourth-order valence-electron chi connectivity index (χ4n) is 1.04. The van der Waals surface area contributed by atoms with Gasteiger partial charge in [0.25, 0.3) is 0 Å². The Hall–Kier alpha value is -1.05. The highest BCUT2D eigenvalue weighted by atomic mass is 16.3. The Bertz CT molecular complexity index is 222. The van der Waals surface area contributed by atoms with Gasteiger partial charge in [-0.05, 0) is 25.0 Å². The molecule has 2 heteroatoms. The van der Waals surface area contributed by atoms with Crippen molar-refractivity contribution in [2.45, 2.75) is 32.7 Å². The average Bonchev–Trinajstić information content (AvgIpc) is 2.59. The summed E-state index contributed by atoms with van der Waals surface area (Å²) in [5, 5.41) is 0. The Morgan fingerprint density at radius 2 is 2.25 bits per heavy atom. The minimum Gasteiger partial charge on any atom is -0.463 e. The van der Waals surface area contributed by atoms with Gasteiger partial charge in [0.05, 0.1) is 12.5 Å². The molecule has 2 nitrogen and oxygen atoms in total. The molecule has 0 spiro atoms. The highest BCUT2D eigenvalue weighted by Crippen LogP contribution is 2.03. The first-order chi connectivity index (χ1) is 5.86. The molecule has 0 fully saturated rings. The third-order valence-electron chi connectivity index (χ3n) is 1.90. The van der Waals surface area contributed by atoms with Gasteiger partial charge in [-0.25, -0.2) is 0 Å². The van der Waals surface area contributed by atoms with E-state index in [-0.39, 0.29) is 0 Å². The van der Waals surface area contributed by atoms with Gasteiger partial charge in [0.2, 0.25) is 0 Å². The highest BCUT2D eigenvalue weighted by Gasteiger charge is 1.97. The van der Waals surface area contributed by atoms with Crippen molar-refractivity contribution in [1.29, 1.82) is 0 Å². The van der Waals surface area contributed by atoms with Crippen LogP contribution in [0.15, 0.2) is 27.8 Å². The fraction of sp³-hybridized carbons (Fsp3) is 0.500. The van der Waals surface area contributed by atoms with Gasteiger partial charge in [-0.2, -0.15) is 0 Å². The molecule has 0 aromatic carbocycles. The van der Waals surface area contributed by atoms with Gasteiger partial charge in [-0.3, -0.25) is 4.99 Å². The molecular weight excluding hydrogens is 150 g/mol. The summed E-state index contributed by atoms with van der Waals surface area (Å²) in [6.07, 6.45) is 5.65. The van der Waals surface area contributed by atoms with E-state index in [2.05, 4.69) is 18.8 Å². The number of furan rings is 1. The second kappa shape index (κ2) is 4.75. The van der Waals surface area contributed by atoms with Gasteiger partial charge in [-0.1, -0.05) is 13.8 Å². The molecule has 0 atom stereocenters. The van der Waals surface area contributed by atoms with Crippen LogP contribution in [0.5, 0.6) is 0 Å². The van der Waals surface area contributed by atoms with Crippen LogP contribution in [0.3, 0.4) is 0 Å². The lowest BCUT2D eigenvalue weighted by molar-refractivity contribution is 0.557. The van der Waals surface area contributed by atoms with E-state index in [1.165, 1.54) is 0 Å². The van der Waals surface area contributed by atoms with Crippen LogP contribution in [0.25, 0.3) is 0 Å². The van der Waals surface area contributed by atoms with Gasteiger partial charge in [0.1, 0.15) is 5.76 Å². The molecule has 1 aromatic heterocycles. The maximum Gasteiger partial charge on any atom is 0.144 e. The third-order valence-corrected chi connectivity index (χ3v) is 1.90. The molecule has 0 aliphatic carbocycles. The van der Waals surface area contributed by atoms with Crippen molar-refractivity contribution in [3.05, 3.63) is 24.2 Å². The molecule has 66 valence electrons. The first-order valence-corrected chi connectivity index (χ1v) is 4.43. The number of hydrogen-bond acceptors (Lipinski definition) is 2. The zero-order chi connectivity index (χ0) is 8.81. The van der Waals surface area contributed by atoms with Crippen LogP contribution < -0.4 is 0 Å². The van der Waals surface area contributed by atoms with Crippen LogP contribution >= 0.6 is 0 Å². The van der Waals surface area contributed by atoms with E-state index >= 15 is 0 Å². The van der Waals surface area contributed by atoms with Crippen LogP contribution in [0.1, 0.15) is 32.4 Å². The maximum absolute atomic E-state index is 5.12. The standard InChI is InChI=1S/C10H15NO/c1-3-9(4-2)11-8-10-6-5-7-12-10/h5-9H,3-4H2,1-2H3. The van der Waals surface area contributed by atoms with Crippen molar-refractivity contribution in [2.75, 3.05) is 0 Å². The second-order valence-electron chi connectivity index (χ2n) is 2.76.